The van der Waals surface area contributed by atoms with E-state index in [4.69, 9.17) is 19.6 Å². The van der Waals surface area contributed by atoms with E-state index in [2.05, 4.69) is 41.9 Å². The number of aliphatic imine (C=N–C) groups is 1. The summed E-state index contributed by atoms with van der Waals surface area (Å²) in [7, 11) is 0. The molecule has 2 amide bonds. The van der Waals surface area contributed by atoms with Crippen LogP contribution in [0.1, 0.15) is 105 Å². The molecule has 5 rings (SSSR count). The second-order valence-corrected chi connectivity index (χ2v) is 14.9. The van der Waals surface area contributed by atoms with E-state index in [1.54, 1.807) is 11.9 Å². The maximum atomic E-state index is 13.3. The highest BCUT2D eigenvalue weighted by molar-refractivity contribution is 8.00. The molecule has 0 atom stereocenters. The number of amides is 2. The zero-order valence-electron chi connectivity index (χ0n) is 28.8. The monoisotopic (exact) mass is 668 g/mol. The summed E-state index contributed by atoms with van der Waals surface area (Å²) in [6.07, 6.45) is 14.2. The Kier molecular flexibility index (Phi) is 13.4. The molecule has 1 aliphatic carbocycles. The number of carbonyl (C=O) groups is 2. The average molecular weight is 669 g/mol. The highest BCUT2D eigenvalue weighted by Crippen LogP contribution is 2.38. The predicted molar refractivity (Wildman–Crippen MR) is 189 cm³/mol. The highest BCUT2D eigenvalue weighted by Gasteiger charge is 2.47. The quantitative estimate of drug-likeness (QED) is 0.188. The van der Waals surface area contributed by atoms with Crippen molar-refractivity contribution in [3.63, 3.8) is 0 Å². The molecule has 47 heavy (non-hydrogen) atoms. The Balaban J connectivity index is 1.07. The molecule has 3 fully saturated rings. The van der Waals surface area contributed by atoms with Crippen molar-refractivity contribution in [1.29, 1.82) is 0 Å². The van der Waals surface area contributed by atoms with Crippen LogP contribution in [-0.4, -0.2) is 96.2 Å². The first-order chi connectivity index (χ1) is 22.8. The lowest BCUT2D eigenvalue weighted by molar-refractivity contribution is -0.124. The number of likely N-dealkylation sites (tertiary alicyclic amines) is 1. The number of unbranched alkanes of at least 4 members (excludes halogenated alkanes) is 1. The van der Waals surface area contributed by atoms with E-state index in [1.165, 1.54) is 32.1 Å². The zero-order chi connectivity index (χ0) is 33.2. The number of hydrogen-bond donors (Lipinski definition) is 2. The third-order valence-electron chi connectivity index (χ3n) is 10.6. The van der Waals surface area contributed by atoms with Crippen molar-refractivity contribution in [2.24, 2.45) is 16.8 Å². The minimum atomic E-state index is -0.581. The minimum absolute atomic E-state index is 0.0218. The fourth-order valence-corrected chi connectivity index (χ4v) is 8.41. The minimum Gasteiger partial charge on any atom is -0.394 e. The molecular formula is C37H56N4O5S. The summed E-state index contributed by atoms with van der Waals surface area (Å²) in [5.74, 6) is 2.42. The summed E-state index contributed by atoms with van der Waals surface area (Å²) < 4.78 is 13.5. The Bertz CT molecular complexity index is 1240. The molecule has 260 valence electrons. The van der Waals surface area contributed by atoms with Crippen molar-refractivity contribution in [1.82, 2.24) is 14.5 Å². The second kappa shape index (κ2) is 17.4. The number of carbonyl (C=O) groups excluding carboxylic acids is 2. The maximum Gasteiger partial charge on any atom is 0.253 e. The molecule has 0 radical (unpaired) electrons. The van der Waals surface area contributed by atoms with Crippen molar-refractivity contribution < 1.29 is 24.2 Å². The lowest BCUT2D eigenvalue weighted by Crippen LogP contribution is -2.47. The number of hydrogen-bond acceptors (Lipinski definition) is 8. The van der Waals surface area contributed by atoms with Gasteiger partial charge in [0.1, 0.15) is 11.4 Å². The van der Waals surface area contributed by atoms with E-state index < -0.39 is 5.54 Å². The molecule has 4 aliphatic rings. The van der Waals surface area contributed by atoms with Crippen LogP contribution in [0, 0.1) is 25.7 Å². The predicted octanol–water partition coefficient (Wildman–Crippen LogP) is 5.91. The van der Waals surface area contributed by atoms with Crippen LogP contribution in [0.2, 0.25) is 0 Å². The third-order valence-corrected chi connectivity index (χ3v) is 11.5. The van der Waals surface area contributed by atoms with Crippen LogP contribution in [0.4, 0.5) is 0 Å². The van der Waals surface area contributed by atoms with Crippen molar-refractivity contribution >= 4 is 35.7 Å². The maximum absolute atomic E-state index is 13.3. The van der Waals surface area contributed by atoms with Crippen molar-refractivity contribution in [2.75, 3.05) is 52.6 Å². The van der Waals surface area contributed by atoms with Crippen LogP contribution >= 0.6 is 11.9 Å². The number of aliphatic hydroxyl groups is 1. The molecule has 0 unspecified atom stereocenters. The Morgan fingerprint density at radius 2 is 1.74 bits per heavy atom. The number of nitrogens with one attached hydrogen (secondary N) is 1. The molecule has 2 N–H and O–H groups in total. The summed E-state index contributed by atoms with van der Waals surface area (Å²) in [5, 5.41) is 14.1. The van der Waals surface area contributed by atoms with Gasteiger partial charge in [0.05, 0.1) is 32.5 Å². The van der Waals surface area contributed by atoms with Crippen molar-refractivity contribution in [3.8, 4) is 0 Å². The van der Waals surface area contributed by atoms with Gasteiger partial charge in [0.25, 0.3) is 11.8 Å². The molecule has 3 aliphatic heterocycles. The van der Waals surface area contributed by atoms with Crippen molar-refractivity contribution in [3.05, 3.63) is 39.8 Å². The van der Waals surface area contributed by atoms with E-state index in [0.29, 0.717) is 38.8 Å². The van der Waals surface area contributed by atoms with Crippen LogP contribution in [-0.2, 0) is 14.3 Å². The topological polar surface area (TPSA) is 104 Å². The van der Waals surface area contributed by atoms with Gasteiger partial charge in [0.15, 0.2) is 0 Å². The van der Waals surface area contributed by atoms with E-state index in [1.807, 2.05) is 17.0 Å². The molecule has 1 saturated carbocycles. The molecule has 3 heterocycles. The first-order valence-electron chi connectivity index (χ1n) is 18.0. The first-order valence-corrected chi connectivity index (χ1v) is 18.9. The van der Waals surface area contributed by atoms with Gasteiger partial charge in [-0.2, -0.15) is 0 Å². The van der Waals surface area contributed by atoms with E-state index in [0.717, 1.165) is 85.6 Å². The number of amidine groups is 1. The first kappa shape index (κ1) is 36.1. The molecule has 1 aromatic carbocycles. The number of ether oxygens (including phenoxy) is 2. The highest BCUT2D eigenvalue weighted by atomic mass is 32.2. The molecule has 9 nitrogen and oxygen atoms in total. The Labute approximate surface area is 286 Å². The fourth-order valence-electron chi connectivity index (χ4n) is 7.65. The normalized spacial score (nSPS) is 23.9. The molecule has 10 heteroatoms. The molecule has 0 aromatic heterocycles. The number of aliphatic hydroxyl groups excluding tert-OH is 1. The number of nitrogens with zero attached hydrogens (tertiary/aromatic N) is 3. The molecule has 1 aromatic rings. The van der Waals surface area contributed by atoms with Gasteiger partial charge in [0.2, 0.25) is 0 Å². The Morgan fingerprint density at radius 3 is 2.40 bits per heavy atom. The van der Waals surface area contributed by atoms with Crippen LogP contribution in [0.5, 0.6) is 0 Å². The molecule has 2 saturated heterocycles. The van der Waals surface area contributed by atoms with Gasteiger partial charge in [-0.05, 0) is 111 Å². The van der Waals surface area contributed by atoms with Gasteiger partial charge in [-0.3, -0.25) is 14.6 Å². The van der Waals surface area contributed by atoms with Crippen LogP contribution in [0.25, 0.3) is 6.08 Å². The number of rotatable bonds is 14. The largest absolute Gasteiger partial charge is 0.394 e. The van der Waals surface area contributed by atoms with E-state index in [-0.39, 0.29) is 24.5 Å². The van der Waals surface area contributed by atoms with Gasteiger partial charge in [0, 0.05) is 37.7 Å². The van der Waals surface area contributed by atoms with Gasteiger partial charge < -0.3 is 24.8 Å². The summed E-state index contributed by atoms with van der Waals surface area (Å²) in [5.41, 5.74) is 3.48. The summed E-state index contributed by atoms with van der Waals surface area (Å²) in [6.45, 7) is 10.8. The van der Waals surface area contributed by atoms with Crippen molar-refractivity contribution in [2.45, 2.75) is 103 Å². The lowest BCUT2D eigenvalue weighted by atomic mass is 9.79. The fraction of sp³-hybridized carbons (Fsp3) is 0.703. The Morgan fingerprint density at radius 1 is 1.04 bits per heavy atom. The molecule has 1 spiro atoms. The molecule has 0 bridgehead atoms. The van der Waals surface area contributed by atoms with Crippen LogP contribution in [0.15, 0.2) is 22.5 Å². The third kappa shape index (κ3) is 9.47. The van der Waals surface area contributed by atoms with E-state index in [9.17, 15) is 9.59 Å². The van der Waals surface area contributed by atoms with Gasteiger partial charge in [-0.1, -0.05) is 38.1 Å². The van der Waals surface area contributed by atoms with Gasteiger partial charge in [-0.15, -0.1) is 0 Å². The number of piperidine rings is 2. The SMILES string of the molecule is CCCCC1CCC(C2=NC3(CCN(S/C=C/c4c(C)cc(C(=O)N5CCC(OCCOCCO)CC5)cc4C)CC3)C(=O)N2)CC1. The number of aryl methyl sites for hydroxylation is 2. The van der Waals surface area contributed by atoms with Gasteiger partial charge in [-0.25, -0.2) is 4.31 Å². The lowest BCUT2D eigenvalue weighted by Gasteiger charge is -2.34. The average Bonchev–Trinajstić information content (AvgIpc) is 3.40. The zero-order valence-corrected chi connectivity index (χ0v) is 29.6. The smallest absolute Gasteiger partial charge is 0.253 e. The second-order valence-electron chi connectivity index (χ2n) is 13.9. The standard InChI is InChI=1S/C37H56N4O5S/c1-4-5-6-29-7-9-30(10-8-29)34-38-36(44)37(39-34)14-18-41(19-15-37)47-24-13-33-27(2)25-31(26-28(33)3)35(43)40-16-11-32(12-17-40)46-23-22-45-21-20-42/h13,24-26,29-30,32,42H,4-12,14-23H2,1-3H3,(H,38,39,44)/b24-13+. The van der Waals surface area contributed by atoms with E-state index >= 15 is 0 Å². The van der Waals surface area contributed by atoms with Crippen LogP contribution in [0.3, 0.4) is 0 Å². The Hall–Kier alpha value is -2.24. The number of benzene rings is 1. The summed E-state index contributed by atoms with van der Waals surface area (Å²) in [6, 6.07) is 4.02. The molecular weight excluding hydrogens is 612 g/mol. The summed E-state index contributed by atoms with van der Waals surface area (Å²) in [4.78, 5) is 33.5. The summed E-state index contributed by atoms with van der Waals surface area (Å²) >= 11 is 1.70. The van der Waals surface area contributed by atoms with Crippen LogP contribution < -0.4 is 5.32 Å². The van der Waals surface area contributed by atoms with Gasteiger partial charge >= 0.3 is 0 Å².